The highest BCUT2D eigenvalue weighted by Crippen LogP contribution is 2.36. The first-order valence-corrected chi connectivity index (χ1v) is 6.97. The van der Waals surface area contributed by atoms with Gasteiger partial charge in [0.05, 0.1) is 28.2 Å². The third-order valence-corrected chi connectivity index (χ3v) is 3.38. The van der Waals surface area contributed by atoms with Crippen LogP contribution in [0.2, 0.25) is 5.02 Å². The number of nitrogens with one attached hydrogen (secondary N) is 1. The number of benzene rings is 1. The van der Waals surface area contributed by atoms with Crippen LogP contribution in [-0.4, -0.2) is 15.9 Å². The van der Waals surface area contributed by atoms with E-state index in [-0.39, 0.29) is 16.3 Å². The smallest absolute Gasteiger partial charge is 0.321 e. The topological polar surface area (TPSA) is 54.9 Å². The first-order chi connectivity index (χ1) is 10.6. The minimum Gasteiger partial charge on any atom is -0.321 e. The van der Waals surface area contributed by atoms with Crippen molar-refractivity contribution in [3.8, 4) is 0 Å². The summed E-state index contributed by atoms with van der Waals surface area (Å²) in [5.74, 6) is -0.216. The zero-order valence-electron chi connectivity index (χ0n) is 12.5. The number of carbonyl (C=O) groups excluding carboxylic acids is 1. The second-order valence-corrected chi connectivity index (χ2v) is 5.39. The van der Waals surface area contributed by atoms with Gasteiger partial charge in [0.1, 0.15) is 5.82 Å². The van der Waals surface area contributed by atoms with Crippen molar-refractivity contribution >= 4 is 23.2 Å². The van der Waals surface area contributed by atoms with Crippen molar-refractivity contribution in [2.75, 3.05) is 5.32 Å². The van der Waals surface area contributed by atoms with Crippen molar-refractivity contribution in [3.63, 3.8) is 0 Å². The summed E-state index contributed by atoms with van der Waals surface area (Å²) in [6, 6.07) is 3.16. The summed E-state index contributed by atoms with van der Waals surface area (Å²) in [6.07, 6.45) is -4.64. The molecule has 23 heavy (non-hydrogen) atoms. The normalized spacial score (nSPS) is 11.4. The molecule has 1 aromatic carbocycles. The highest BCUT2D eigenvalue weighted by molar-refractivity contribution is 6.30. The number of carbonyl (C=O) groups is 1. The predicted molar refractivity (Wildman–Crippen MR) is 80.7 cm³/mol. The fourth-order valence-corrected chi connectivity index (χ4v) is 2.43. The van der Waals surface area contributed by atoms with Crippen LogP contribution in [0.3, 0.4) is 0 Å². The molecule has 0 aliphatic carbocycles. The van der Waals surface area contributed by atoms with Crippen molar-refractivity contribution in [3.05, 3.63) is 51.6 Å². The number of amides is 1. The molecular formula is C15H13ClF3N3O. The highest BCUT2D eigenvalue weighted by atomic mass is 35.5. The quantitative estimate of drug-likeness (QED) is 0.883. The molecule has 0 saturated carbocycles. The van der Waals surface area contributed by atoms with E-state index >= 15 is 0 Å². The largest absolute Gasteiger partial charge is 0.418 e. The lowest BCUT2D eigenvalue weighted by Crippen LogP contribution is -2.20. The van der Waals surface area contributed by atoms with Gasteiger partial charge in [0.2, 0.25) is 0 Å². The molecule has 0 saturated heterocycles. The van der Waals surface area contributed by atoms with Crippen molar-refractivity contribution < 1.29 is 18.0 Å². The van der Waals surface area contributed by atoms with E-state index in [1.807, 2.05) is 0 Å². The molecule has 4 nitrogen and oxygen atoms in total. The van der Waals surface area contributed by atoms with E-state index < -0.39 is 17.6 Å². The molecule has 8 heteroatoms. The summed E-state index contributed by atoms with van der Waals surface area (Å²) in [7, 11) is 0. The molecule has 0 aliphatic rings. The molecule has 0 aliphatic heterocycles. The Morgan fingerprint density at radius 3 is 2.22 bits per heavy atom. The molecule has 2 aromatic rings. The Labute approximate surface area is 135 Å². The van der Waals surface area contributed by atoms with E-state index in [1.54, 1.807) is 20.8 Å². The van der Waals surface area contributed by atoms with E-state index in [1.165, 1.54) is 6.07 Å². The van der Waals surface area contributed by atoms with Crippen LogP contribution in [0.15, 0.2) is 18.2 Å². The molecule has 122 valence electrons. The predicted octanol–water partition coefficient (Wildman–Crippen LogP) is 4.33. The number of hydrogen-bond acceptors (Lipinski definition) is 3. The summed E-state index contributed by atoms with van der Waals surface area (Å²) in [5, 5.41) is 2.20. The molecule has 0 atom stereocenters. The third kappa shape index (κ3) is 3.79. The second kappa shape index (κ2) is 6.16. The van der Waals surface area contributed by atoms with Gasteiger partial charge in [-0.3, -0.25) is 4.79 Å². The Kier molecular flexibility index (Phi) is 4.61. The third-order valence-electron chi connectivity index (χ3n) is 3.14. The number of aromatic nitrogens is 2. The number of hydrogen-bond donors (Lipinski definition) is 1. The van der Waals surface area contributed by atoms with Crippen molar-refractivity contribution in [1.82, 2.24) is 9.97 Å². The minimum absolute atomic E-state index is 0.0682. The molecule has 0 unspecified atom stereocenters. The van der Waals surface area contributed by atoms with E-state index in [2.05, 4.69) is 15.3 Å². The highest BCUT2D eigenvalue weighted by Gasteiger charge is 2.34. The molecule has 0 spiro atoms. The molecule has 0 fully saturated rings. The summed E-state index contributed by atoms with van der Waals surface area (Å²) in [4.78, 5) is 20.5. The summed E-state index contributed by atoms with van der Waals surface area (Å²) < 4.78 is 39.2. The van der Waals surface area contributed by atoms with Gasteiger partial charge in [-0.05, 0) is 39.0 Å². The van der Waals surface area contributed by atoms with Gasteiger partial charge in [-0.1, -0.05) is 11.6 Å². The number of aryl methyl sites for hydroxylation is 3. The van der Waals surface area contributed by atoms with E-state index in [0.29, 0.717) is 17.2 Å². The molecule has 1 amide bonds. The average molecular weight is 344 g/mol. The van der Waals surface area contributed by atoms with Gasteiger partial charge in [-0.25, -0.2) is 9.97 Å². The maximum absolute atomic E-state index is 13.1. The van der Waals surface area contributed by atoms with Crippen LogP contribution in [0.25, 0.3) is 0 Å². The van der Waals surface area contributed by atoms with Crippen molar-refractivity contribution in [2.24, 2.45) is 0 Å². The van der Waals surface area contributed by atoms with Crippen LogP contribution in [0, 0.1) is 20.8 Å². The Morgan fingerprint density at radius 1 is 1.13 bits per heavy atom. The molecule has 2 rings (SSSR count). The summed E-state index contributed by atoms with van der Waals surface area (Å²) >= 11 is 5.61. The van der Waals surface area contributed by atoms with Gasteiger partial charge >= 0.3 is 6.18 Å². The van der Waals surface area contributed by atoms with E-state index in [4.69, 9.17) is 11.6 Å². The zero-order chi connectivity index (χ0) is 17.4. The lowest BCUT2D eigenvalue weighted by molar-refractivity contribution is -0.136. The number of rotatable bonds is 2. The summed E-state index contributed by atoms with van der Waals surface area (Å²) in [5.41, 5.74) is -0.434. The van der Waals surface area contributed by atoms with Crippen LogP contribution >= 0.6 is 11.6 Å². The van der Waals surface area contributed by atoms with Gasteiger partial charge < -0.3 is 5.32 Å². The monoisotopic (exact) mass is 343 g/mol. The van der Waals surface area contributed by atoms with Gasteiger partial charge in [0, 0.05) is 5.02 Å². The maximum Gasteiger partial charge on any atom is 0.418 e. The fourth-order valence-electron chi connectivity index (χ4n) is 2.26. The fraction of sp³-hybridized carbons (Fsp3) is 0.267. The van der Waals surface area contributed by atoms with Gasteiger partial charge in [-0.2, -0.15) is 13.2 Å². The van der Waals surface area contributed by atoms with E-state index in [9.17, 15) is 18.0 Å². The molecule has 0 bridgehead atoms. The van der Waals surface area contributed by atoms with Crippen molar-refractivity contribution in [2.45, 2.75) is 26.9 Å². The first-order valence-electron chi connectivity index (χ1n) is 6.59. The van der Waals surface area contributed by atoms with Crippen LogP contribution in [0.1, 0.15) is 33.1 Å². The van der Waals surface area contributed by atoms with E-state index in [0.717, 1.165) is 12.1 Å². The number of alkyl halides is 3. The van der Waals surface area contributed by atoms with Gasteiger partial charge in [0.15, 0.2) is 0 Å². The molecule has 1 aromatic heterocycles. The minimum atomic E-state index is -4.64. The summed E-state index contributed by atoms with van der Waals surface area (Å²) in [6.45, 7) is 4.87. The second-order valence-electron chi connectivity index (χ2n) is 4.96. The van der Waals surface area contributed by atoms with Crippen LogP contribution < -0.4 is 5.32 Å². The zero-order valence-corrected chi connectivity index (χ0v) is 13.3. The SMILES string of the molecule is Cc1nc(C)c(C(=O)Nc2ccc(Cl)cc2C(F)(F)F)c(C)n1. The Bertz CT molecular complexity index is 752. The maximum atomic E-state index is 13.1. The standard InChI is InChI=1S/C15H13ClF3N3O/c1-7-13(8(2)21-9(3)20-7)14(23)22-12-5-4-10(16)6-11(12)15(17,18)19/h4-6H,1-3H3,(H,22,23). The van der Waals surface area contributed by atoms with Gasteiger partial charge in [0.25, 0.3) is 5.91 Å². The Morgan fingerprint density at radius 2 is 1.70 bits per heavy atom. The van der Waals surface area contributed by atoms with Crippen LogP contribution in [0.5, 0.6) is 0 Å². The lowest BCUT2D eigenvalue weighted by Gasteiger charge is -2.15. The van der Waals surface area contributed by atoms with Crippen LogP contribution in [-0.2, 0) is 6.18 Å². The first kappa shape index (κ1) is 17.2. The van der Waals surface area contributed by atoms with Crippen molar-refractivity contribution in [1.29, 1.82) is 0 Å². The number of halogens is 4. The number of anilines is 1. The molecule has 0 radical (unpaired) electrons. The average Bonchev–Trinajstić information content (AvgIpc) is 2.38. The molecular weight excluding hydrogens is 331 g/mol. The lowest BCUT2D eigenvalue weighted by atomic mass is 10.1. The molecule has 1 N–H and O–H groups in total. The van der Waals surface area contributed by atoms with Gasteiger partial charge in [-0.15, -0.1) is 0 Å². The van der Waals surface area contributed by atoms with Crippen LogP contribution in [0.4, 0.5) is 18.9 Å². The Hall–Kier alpha value is -2.15. The Balaban J connectivity index is 2.43. The number of nitrogens with zero attached hydrogens (tertiary/aromatic N) is 2. The molecule has 1 heterocycles.